The Morgan fingerprint density at radius 2 is 2.04 bits per heavy atom. The number of aromatic nitrogens is 4. The fourth-order valence-corrected chi connectivity index (χ4v) is 3.44. The highest BCUT2D eigenvalue weighted by molar-refractivity contribution is 5.95. The van der Waals surface area contributed by atoms with Crippen molar-refractivity contribution in [1.82, 2.24) is 24.9 Å². The minimum atomic E-state index is 0.0528. The predicted molar refractivity (Wildman–Crippen MR) is 94.0 cm³/mol. The van der Waals surface area contributed by atoms with E-state index in [0.717, 1.165) is 25.1 Å². The van der Waals surface area contributed by atoms with Gasteiger partial charge in [0.2, 0.25) is 5.88 Å². The maximum atomic E-state index is 13.0. The van der Waals surface area contributed by atoms with E-state index in [1.165, 1.54) is 12.8 Å². The van der Waals surface area contributed by atoms with Crippen molar-refractivity contribution in [3.05, 3.63) is 29.6 Å². The van der Waals surface area contributed by atoms with Crippen molar-refractivity contribution in [3.8, 4) is 11.7 Å². The highest BCUT2D eigenvalue weighted by Gasteiger charge is 2.28. The molecule has 3 rings (SSSR count). The smallest absolute Gasteiger partial charge is 0.257 e. The van der Waals surface area contributed by atoms with Crippen LogP contribution in [0.1, 0.15) is 55.6 Å². The van der Waals surface area contributed by atoms with E-state index in [1.807, 2.05) is 25.7 Å². The van der Waals surface area contributed by atoms with Crippen LogP contribution in [0.25, 0.3) is 5.82 Å². The first kappa shape index (κ1) is 17.4. The summed E-state index contributed by atoms with van der Waals surface area (Å²) in [5.74, 6) is 1.10. The van der Waals surface area contributed by atoms with Crippen molar-refractivity contribution in [2.24, 2.45) is 0 Å². The molecule has 0 aliphatic heterocycles. The Morgan fingerprint density at radius 1 is 1.28 bits per heavy atom. The molecule has 2 aromatic heterocycles. The highest BCUT2D eigenvalue weighted by atomic mass is 16.5. The second kappa shape index (κ2) is 7.63. The van der Waals surface area contributed by atoms with Gasteiger partial charge in [0.05, 0.1) is 24.1 Å². The van der Waals surface area contributed by atoms with Gasteiger partial charge in [-0.15, -0.1) is 10.2 Å². The zero-order valence-corrected chi connectivity index (χ0v) is 15.1. The summed E-state index contributed by atoms with van der Waals surface area (Å²) < 4.78 is 6.96. The van der Waals surface area contributed by atoms with Gasteiger partial charge in [0.25, 0.3) is 5.91 Å². The molecule has 0 bridgehead atoms. The van der Waals surface area contributed by atoms with Crippen LogP contribution in [0.2, 0.25) is 0 Å². The van der Waals surface area contributed by atoms with Crippen LogP contribution in [0.15, 0.2) is 18.3 Å². The molecule has 25 heavy (non-hydrogen) atoms. The number of carbonyl (C=O) groups excluding carboxylic acids is 1. The first-order valence-electron chi connectivity index (χ1n) is 8.98. The molecule has 1 saturated carbocycles. The van der Waals surface area contributed by atoms with Gasteiger partial charge in [-0.3, -0.25) is 4.79 Å². The molecule has 0 N–H and O–H groups in total. The maximum absolute atomic E-state index is 13.0. The Hall–Kier alpha value is -2.44. The number of hydrogen-bond donors (Lipinski definition) is 0. The van der Waals surface area contributed by atoms with Crippen LogP contribution < -0.4 is 4.74 Å². The summed E-state index contributed by atoms with van der Waals surface area (Å²) in [5, 5.41) is 12.5. The highest BCUT2D eigenvalue weighted by Crippen LogP contribution is 2.25. The molecular weight excluding hydrogens is 318 g/mol. The Balaban J connectivity index is 1.83. The van der Waals surface area contributed by atoms with E-state index in [9.17, 15) is 4.79 Å². The number of hydrogen-bond acceptors (Lipinski definition) is 5. The van der Waals surface area contributed by atoms with Gasteiger partial charge >= 0.3 is 0 Å². The third kappa shape index (κ3) is 3.50. The second-order valence-electron chi connectivity index (χ2n) is 6.25. The van der Waals surface area contributed by atoms with Crippen molar-refractivity contribution in [2.75, 3.05) is 13.2 Å². The van der Waals surface area contributed by atoms with Crippen molar-refractivity contribution in [2.45, 2.75) is 52.5 Å². The van der Waals surface area contributed by atoms with Crippen LogP contribution in [0.5, 0.6) is 5.88 Å². The van der Waals surface area contributed by atoms with E-state index in [4.69, 9.17) is 4.74 Å². The average molecular weight is 343 g/mol. The topological polar surface area (TPSA) is 73.1 Å². The molecule has 0 aromatic carbocycles. The molecule has 0 atom stereocenters. The normalized spacial score (nSPS) is 14.7. The van der Waals surface area contributed by atoms with E-state index in [2.05, 4.69) is 15.3 Å². The first-order valence-corrected chi connectivity index (χ1v) is 8.98. The molecule has 2 aromatic rings. The van der Waals surface area contributed by atoms with Gasteiger partial charge in [0.15, 0.2) is 5.82 Å². The fraction of sp³-hybridized carbons (Fsp3) is 0.556. The molecule has 0 unspecified atom stereocenters. The number of amides is 1. The Kier molecular flexibility index (Phi) is 5.31. The Labute approximate surface area is 148 Å². The monoisotopic (exact) mass is 343 g/mol. The van der Waals surface area contributed by atoms with Crippen molar-refractivity contribution in [3.63, 3.8) is 0 Å². The summed E-state index contributed by atoms with van der Waals surface area (Å²) in [5.41, 5.74) is 1.41. The molecular formula is C18H25N5O2. The molecule has 0 radical (unpaired) electrons. The summed E-state index contributed by atoms with van der Waals surface area (Å²) in [6.45, 7) is 7.09. The van der Waals surface area contributed by atoms with E-state index < -0.39 is 0 Å². The first-order chi connectivity index (χ1) is 12.2. The molecule has 1 aliphatic carbocycles. The summed E-state index contributed by atoms with van der Waals surface area (Å²) in [6.07, 6.45) is 6.23. The van der Waals surface area contributed by atoms with Crippen LogP contribution >= 0.6 is 0 Å². The van der Waals surface area contributed by atoms with Gasteiger partial charge in [0.1, 0.15) is 0 Å². The largest absolute Gasteiger partial charge is 0.477 e. The average Bonchev–Trinajstić information content (AvgIpc) is 3.27. The summed E-state index contributed by atoms with van der Waals surface area (Å²) >= 11 is 0. The van der Waals surface area contributed by atoms with Crippen LogP contribution in [0.4, 0.5) is 0 Å². The van der Waals surface area contributed by atoms with Crippen molar-refractivity contribution < 1.29 is 9.53 Å². The van der Waals surface area contributed by atoms with E-state index >= 15 is 0 Å². The standard InChI is InChI=1S/C18H25N5O2/c1-4-22(14-8-6-7-9-14)18(24)15-12-19-23(13(15)3)16-10-11-17(21-20-16)25-5-2/h10-12,14H,4-9H2,1-3H3. The van der Waals surface area contributed by atoms with Gasteiger partial charge in [-0.05, 0) is 39.7 Å². The molecule has 7 nitrogen and oxygen atoms in total. The van der Waals surface area contributed by atoms with Gasteiger partial charge in [-0.2, -0.15) is 5.10 Å². The van der Waals surface area contributed by atoms with Crippen molar-refractivity contribution >= 4 is 5.91 Å². The van der Waals surface area contributed by atoms with E-state index in [1.54, 1.807) is 23.0 Å². The van der Waals surface area contributed by atoms with Crippen LogP contribution in [-0.2, 0) is 0 Å². The molecule has 1 fully saturated rings. The van der Waals surface area contributed by atoms with Crippen molar-refractivity contribution in [1.29, 1.82) is 0 Å². The molecule has 0 spiro atoms. The lowest BCUT2D eigenvalue weighted by Crippen LogP contribution is -2.38. The number of nitrogens with zero attached hydrogens (tertiary/aromatic N) is 5. The van der Waals surface area contributed by atoms with E-state index in [0.29, 0.717) is 29.9 Å². The zero-order chi connectivity index (χ0) is 17.8. The lowest BCUT2D eigenvalue weighted by molar-refractivity contribution is 0.0693. The van der Waals surface area contributed by atoms with Gasteiger partial charge in [0, 0.05) is 18.7 Å². The van der Waals surface area contributed by atoms with E-state index in [-0.39, 0.29) is 5.91 Å². The van der Waals surface area contributed by atoms with Gasteiger partial charge < -0.3 is 9.64 Å². The second-order valence-corrected chi connectivity index (χ2v) is 6.25. The fourth-order valence-electron chi connectivity index (χ4n) is 3.44. The molecule has 2 heterocycles. The maximum Gasteiger partial charge on any atom is 0.257 e. The third-order valence-corrected chi connectivity index (χ3v) is 4.74. The molecule has 7 heteroatoms. The SMILES string of the molecule is CCOc1ccc(-n2ncc(C(=O)N(CC)C3CCCC3)c2C)nn1. The Morgan fingerprint density at radius 3 is 2.64 bits per heavy atom. The third-order valence-electron chi connectivity index (χ3n) is 4.74. The summed E-state index contributed by atoms with van der Waals surface area (Å²) in [4.78, 5) is 15.0. The molecule has 1 amide bonds. The molecule has 1 aliphatic rings. The predicted octanol–water partition coefficient (Wildman–Crippen LogP) is 2.77. The number of rotatable bonds is 6. The minimum Gasteiger partial charge on any atom is -0.477 e. The number of carbonyl (C=O) groups is 1. The van der Waals surface area contributed by atoms with Crippen LogP contribution in [0, 0.1) is 6.92 Å². The van der Waals surface area contributed by atoms with Gasteiger partial charge in [-0.1, -0.05) is 12.8 Å². The Bertz CT molecular complexity index is 720. The summed E-state index contributed by atoms with van der Waals surface area (Å²) in [6, 6.07) is 3.90. The molecule has 134 valence electrons. The lowest BCUT2D eigenvalue weighted by atomic mass is 10.1. The molecule has 0 saturated heterocycles. The quantitative estimate of drug-likeness (QED) is 0.806. The van der Waals surface area contributed by atoms with Crippen LogP contribution in [0.3, 0.4) is 0 Å². The number of ether oxygens (including phenoxy) is 1. The van der Waals surface area contributed by atoms with Gasteiger partial charge in [-0.25, -0.2) is 4.68 Å². The summed E-state index contributed by atoms with van der Waals surface area (Å²) in [7, 11) is 0. The zero-order valence-electron chi connectivity index (χ0n) is 15.1. The minimum absolute atomic E-state index is 0.0528. The van der Waals surface area contributed by atoms with Crippen LogP contribution in [-0.4, -0.2) is 50.0 Å². The lowest BCUT2D eigenvalue weighted by Gasteiger charge is -2.27.